The Labute approximate surface area is 70.3 Å². The van der Waals surface area contributed by atoms with E-state index in [2.05, 4.69) is 15.2 Å². The van der Waals surface area contributed by atoms with E-state index in [4.69, 9.17) is 0 Å². The zero-order valence-electron chi connectivity index (χ0n) is 7.37. The van der Waals surface area contributed by atoms with Gasteiger partial charge in [-0.15, -0.1) is 10.2 Å². The normalized spacial score (nSPS) is 10.9. The van der Waals surface area contributed by atoms with Gasteiger partial charge >= 0.3 is 0 Å². The molecule has 0 saturated carbocycles. The van der Waals surface area contributed by atoms with Crippen molar-refractivity contribution in [3.63, 3.8) is 0 Å². The molecule has 0 radical (unpaired) electrons. The fourth-order valence-corrected chi connectivity index (χ4v) is 1.27. The van der Waals surface area contributed by atoms with Crippen molar-refractivity contribution < 1.29 is 0 Å². The Morgan fingerprint density at radius 1 is 1.25 bits per heavy atom. The predicted octanol–water partition coefficient (Wildman–Crippen LogP) is 1.05. The van der Waals surface area contributed by atoms with E-state index in [9.17, 15) is 0 Å². The molecule has 2 rings (SSSR count). The molecular weight excluding hydrogens is 152 g/mol. The average molecular weight is 162 g/mol. The minimum atomic E-state index is 0.903. The summed E-state index contributed by atoms with van der Waals surface area (Å²) in [6.07, 6.45) is 1.68. The highest BCUT2D eigenvalue weighted by molar-refractivity contribution is 5.47. The van der Waals surface area contributed by atoms with Crippen molar-refractivity contribution in [3.05, 3.63) is 23.4 Å². The molecule has 4 heteroatoms. The molecule has 0 aliphatic heterocycles. The first kappa shape index (κ1) is 7.21. The summed E-state index contributed by atoms with van der Waals surface area (Å²) in [4.78, 5) is 4.36. The number of fused-ring (bicyclic) bond motifs is 1. The van der Waals surface area contributed by atoms with Gasteiger partial charge in [0.2, 0.25) is 0 Å². The number of hydrogen-bond acceptors (Lipinski definition) is 3. The quantitative estimate of drug-likeness (QED) is 0.581. The molecule has 0 fully saturated rings. The first-order valence-electron chi connectivity index (χ1n) is 3.83. The lowest BCUT2D eigenvalue weighted by Gasteiger charge is -2.03. The highest BCUT2D eigenvalue weighted by Crippen LogP contribution is 2.10. The van der Waals surface area contributed by atoms with E-state index in [1.807, 2.05) is 25.2 Å². The van der Waals surface area contributed by atoms with Gasteiger partial charge in [-0.3, -0.25) is 4.40 Å². The summed E-state index contributed by atoms with van der Waals surface area (Å²) >= 11 is 0. The molecule has 0 saturated heterocycles. The molecule has 0 bridgehead atoms. The van der Waals surface area contributed by atoms with Crippen molar-refractivity contribution in [2.24, 2.45) is 0 Å². The van der Waals surface area contributed by atoms with Gasteiger partial charge in [-0.25, -0.2) is 4.98 Å². The van der Waals surface area contributed by atoms with E-state index < -0.39 is 0 Å². The fourth-order valence-electron chi connectivity index (χ4n) is 1.27. The van der Waals surface area contributed by atoms with Crippen LogP contribution < -0.4 is 0 Å². The van der Waals surface area contributed by atoms with Crippen molar-refractivity contribution in [3.8, 4) is 0 Å². The summed E-state index contributed by atoms with van der Waals surface area (Å²) in [7, 11) is 0. The molecule has 2 heterocycles. The van der Waals surface area contributed by atoms with Crippen molar-refractivity contribution in [1.82, 2.24) is 19.6 Å². The number of aromatic nitrogens is 4. The number of nitrogens with zero attached hydrogens (tertiary/aromatic N) is 4. The lowest BCUT2D eigenvalue weighted by Crippen LogP contribution is -1.99. The van der Waals surface area contributed by atoms with E-state index in [0.29, 0.717) is 0 Å². The summed E-state index contributed by atoms with van der Waals surface area (Å²) in [5.74, 6) is 0.929. The van der Waals surface area contributed by atoms with Crippen molar-refractivity contribution in [2.75, 3.05) is 0 Å². The molecule has 0 atom stereocenters. The SMILES string of the molecule is Cc1nc(C)n2cnnc2c1C. The van der Waals surface area contributed by atoms with Gasteiger partial charge in [0.15, 0.2) is 5.65 Å². The first-order chi connectivity index (χ1) is 5.70. The van der Waals surface area contributed by atoms with Gasteiger partial charge < -0.3 is 0 Å². The molecule has 0 aliphatic carbocycles. The monoisotopic (exact) mass is 162 g/mol. The van der Waals surface area contributed by atoms with E-state index in [-0.39, 0.29) is 0 Å². The Bertz CT molecular complexity index is 430. The largest absolute Gasteiger partial charge is 0.269 e. The van der Waals surface area contributed by atoms with Crippen molar-refractivity contribution >= 4 is 5.65 Å². The summed E-state index contributed by atoms with van der Waals surface area (Å²) < 4.78 is 1.89. The Morgan fingerprint density at radius 3 is 2.75 bits per heavy atom. The zero-order chi connectivity index (χ0) is 8.72. The van der Waals surface area contributed by atoms with Crippen LogP contribution in [0, 0.1) is 20.8 Å². The van der Waals surface area contributed by atoms with Gasteiger partial charge in [0, 0.05) is 11.3 Å². The van der Waals surface area contributed by atoms with Crippen LogP contribution in [-0.4, -0.2) is 19.6 Å². The van der Waals surface area contributed by atoms with Crippen LogP contribution in [0.4, 0.5) is 0 Å². The Hall–Kier alpha value is -1.45. The van der Waals surface area contributed by atoms with Gasteiger partial charge in [-0.1, -0.05) is 0 Å². The second-order valence-electron chi connectivity index (χ2n) is 2.89. The van der Waals surface area contributed by atoms with Gasteiger partial charge in [0.25, 0.3) is 0 Å². The maximum Gasteiger partial charge on any atom is 0.166 e. The Kier molecular flexibility index (Phi) is 1.36. The van der Waals surface area contributed by atoms with Crippen LogP contribution in [0.15, 0.2) is 6.33 Å². The summed E-state index contributed by atoms with van der Waals surface area (Å²) in [6.45, 7) is 5.94. The molecule has 12 heavy (non-hydrogen) atoms. The van der Waals surface area contributed by atoms with Crippen LogP contribution in [0.3, 0.4) is 0 Å². The van der Waals surface area contributed by atoms with Crippen molar-refractivity contribution in [1.29, 1.82) is 0 Å². The van der Waals surface area contributed by atoms with Gasteiger partial charge in [0.1, 0.15) is 12.2 Å². The molecule has 0 aliphatic rings. The van der Waals surface area contributed by atoms with Crippen LogP contribution in [0.25, 0.3) is 5.65 Å². The van der Waals surface area contributed by atoms with Gasteiger partial charge in [-0.05, 0) is 20.8 Å². The molecule has 0 N–H and O–H groups in total. The maximum absolute atomic E-state index is 4.36. The summed E-state index contributed by atoms with van der Waals surface area (Å²) in [6, 6.07) is 0. The predicted molar refractivity (Wildman–Crippen MR) is 45.0 cm³/mol. The topological polar surface area (TPSA) is 43.1 Å². The third-order valence-electron chi connectivity index (χ3n) is 2.10. The first-order valence-corrected chi connectivity index (χ1v) is 3.83. The van der Waals surface area contributed by atoms with E-state index in [0.717, 1.165) is 22.7 Å². The molecule has 0 amide bonds. The second kappa shape index (κ2) is 2.27. The van der Waals surface area contributed by atoms with E-state index in [1.54, 1.807) is 6.33 Å². The third kappa shape index (κ3) is 0.809. The molecule has 4 nitrogen and oxygen atoms in total. The fraction of sp³-hybridized carbons (Fsp3) is 0.375. The molecule has 2 aromatic heterocycles. The summed E-state index contributed by atoms with van der Waals surface area (Å²) in [5.41, 5.74) is 3.02. The molecule has 62 valence electrons. The Morgan fingerprint density at radius 2 is 2.00 bits per heavy atom. The van der Waals surface area contributed by atoms with Crippen LogP contribution in [0.2, 0.25) is 0 Å². The van der Waals surface area contributed by atoms with Gasteiger partial charge in [0.05, 0.1) is 0 Å². The summed E-state index contributed by atoms with van der Waals surface area (Å²) in [5, 5.41) is 7.85. The zero-order valence-corrected chi connectivity index (χ0v) is 7.37. The van der Waals surface area contributed by atoms with Crippen molar-refractivity contribution in [2.45, 2.75) is 20.8 Å². The molecule has 0 aromatic carbocycles. The standard InChI is InChI=1S/C8H10N4/c1-5-6(2)10-7(3)12-4-9-11-8(5)12/h4H,1-3H3. The maximum atomic E-state index is 4.36. The third-order valence-corrected chi connectivity index (χ3v) is 2.10. The van der Waals surface area contributed by atoms with Crippen LogP contribution in [0.5, 0.6) is 0 Å². The number of aryl methyl sites for hydroxylation is 3. The average Bonchev–Trinajstić information content (AvgIpc) is 2.48. The lowest BCUT2D eigenvalue weighted by atomic mass is 10.2. The van der Waals surface area contributed by atoms with E-state index >= 15 is 0 Å². The molecule has 2 aromatic rings. The number of hydrogen-bond donors (Lipinski definition) is 0. The second-order valence-corrected chi connectivity index (χ2v) is 2.89. The van der Waals surface area contributed by atoms with Crippen LogP contribution in [0.1, 0.15) is 17.1 Å². The Balaban J connectivity index is 2.97. The van der Waals surface area contributed by atoms with Crippen LogP contribution in [-0.2, 0) is 0 Å². The minimum Gasteiger partial charge on any atom is -0.269 e. The van der Waals surface area contributed by atoms with Crippen LogP contribution >= 0.6 is 0 Å². The molecular formula is C8H10N4. The highest BCUT2D eigenvalue weighted by atomic mass is 15.2. The lowest BCUT2D eigenvalue weighted by molar-refractivity contribution is 0.941. The van der Waals surface area contributed by atoms with Gasteiger partial charge in [-0.2, -0.15) is 0 Å². The highest BCUT2D eigenvalue weighted by Gasteiger charge is 2.05. The number of rotatable bonds is 0. The molecule has 0 spiro atoms. The minimum absolute atomic E-state index is 0.903. The smallest absolute Gasteiger partial charge is 0.166 e. The molecule has 0 unspecified atom stereocenters. The van der Waals surface area contributed by atoms with E-state index in [1.165, 1.54) is 0 Å².